The van der Waals surface area contributed by atoms with Crippen LogP contribution in [0.25, 0.3) is 0 Å². The molecule has 13 heteroatoms. The SMILES string of the molecule is C=CC(=O)CCCCOc1c2cc(C(=O)CCCCC)cc1Cc1cc(C(=O)CCCCC)cc(c1OCCCOC(=O)C=C)Cc1cc(C(=O)CCCCC)cc(c1OCCCO)Cc1cc(C(=O)CCCCC)cc(c1OCCCO)C2. The van der Waals surface area contributed by atoms with Crippen LogP contribution in [-0.2, 0) is 40.0 Å². The molecule has 1 aliphatic carbocycles. The minimum absolute atomic E-state index is 0.0433. The second-order valence-corrected chi connectivity index (χ2v) is 22.1. The maximum atomic E-state index is 14.6. The summed E-state index contributed by atoms with van der Waals surface area (Å²) < 4.78 is 32.8. The van der Waals surface area contributed by atoms with Crippen LogP contribution in [-0.4, -0.2) is 91.3 Å². The number of ketones is 5. The third kappa shape index (κ3) is 21.4. The highest BCUT2D eigenvalue weighted by atomic mass is 16.5. The largest absolute Gasteiger partial charge is 0.493 e. The summed E-state index contributed by atoms with van der Waals surface area (Å²) in [5.74, 6) is 1.12. The molecule has 0 spiro atoms. The number of aliphatic hydroxyl groups is 2. The molecule has 5 rings (SSSR count). The van der Waals surface area contributed by atoms with Gasteiger partial charge in [0.1, 0.15) is 23.0 Å². The van der Waals surface area contributed by atoms with E-state index in [1.54, 1.807) is 0 Å². The molecule has 0 unspecified atom stereocenters. The van der Waals surface area contributed by atoms with Gasteiger partial charge in [0.05, 0.1) is 33.0 Å². The number of aliphatic hydroxyl groups excluding tert-OH is 2. The fraction of sp³-hybridized carbons (Fsp3) is 0.521. The molecule has 0 heterocycles. The number of benzene rings is 4. The molecular weight excluding hydrogens is 1060 g/mol. The van der Waals surface area contributed by atoms with E-state index in [0.29, 0.717) is 180 Å². The van der Waals surface area contributed by atoms with Crippen LogP contribution >= 0.6 is 0 Å². The molecule has 0 aliphatic heterocycles. The quantitative estimate of drug-likeness (QED) is 0.0163. The smallest absolute Gasteiger partial charge is 0.330 e. The summed E-state index contributed by atoms with van der Waals surface area (Å²) in [6.07, 6.45) is 16.5. The number of carbonyl (C=O) groups excluding carboxylic acids is 6. The minimum atomic E-state index is -0.561. The Balaban J connectivity index is 1.99. The lowest BCUT2D eigenvalue weighted by molar-refractivity contribution is -0.138. The predicted molar refractivity (Wildman–Crippen MR) is 331 cm³/mol. The van der Waals surface area contributed by atoms with Crippen molar-refractivity contribution in [1.29, 1.82) is 0 Å². The van der Waals surface area contributed by atoms with Crippen LogP contribution in [0, 0.1) is 0 Å². The van der Waals surface area contributed by atoms with Crippen LogP contribution in [0.5, 0.6) is 23.0 Å². The van der Waals surface area contributed by atoms with Gasteiger partial charge in [-0.1, -0.05) is 92.2 Å². The van der Waals surface area contributed by atoms with Crippen LogP contribution in [0.4, 0.5) is 0 Å². The number of rotatable bonds is 41. The van der Waals surface area contributed by atoms with Gasteiger partial charge < -0.3 is 33.9 Å². The van der Waals surface area contributed by atoms with E-state index in [-0.39, 0.29) is 101 Å². The Morgan fingerprint density at radius 3 is 0.905 bits per heavy atom. The van der Waals surface area contributed by atoms with E-state index in [4.69, 9.17) is 23.7 Å². The molecule has 8 bridgehead atoms. The highest BCUT2D eigenvalue weighted by molar-refractivity contribution is 5.99. The minimum Gasteiger partial charge on any atom is -0.493 e. The number of hydrogen-bond acceptors (Lipinski definition) is 13. The van der Waals surface area contributed by atoms with Crippen LogP contribution in [0.1, 0.15) is 255 Å². The zero-order valence-electron chi connectivity index (χ0n) is 50.9. The van der Waals surface area contributed by atoms with Gasteiger partial charge in [-0.2, -0.15) is 0 Å². The lowest BCUT2D eigenvalue weighted by Gasteiger charge is -2.25. The Kier molecular flexibility index (Phi) is 30.5. The molecule has 0 atom stereocenters. The van der Waals surface area contributed by atoms with Gasteiger partial charge in [0.15, 0.2) is 28.9 Å². The summed E-state index contributed by atoms with van der Waals surface area (Å²) >= 11 is 0. The number of Topliss-reactive ketones (excluding diaryl/α,β-unsaturated/α-hetero) is 4. The summed E-state index contributed by atoms with van der Waals surface area (Å²) in [4.78, 5) is 82.9. The number of unbranched alkanes of at least 4 members (excludes halogenated alkanes) is 9. The lowest BCUT2D eigenvalue weighted by Crippen LogP contribution is -2.14. The second kappa shape index (κ2) is 37.6. The summed E-state index contributed by atoms with van der Waals surface area (Å²) in [7, 11) is 0. The molecule has 456 valence electrons. The fourth-order valence-electron chi connectivity index (χ4n) is 10.6. The molecule has 4 aromatic rings. The number of carbonyl (C=O) groups is 6. The number of ether oxygens (including phenoxy) is 5. The number of allylic oxidation sites excluding steroid dienone is 1. The molecule has 0 aromatic heterocycles. The second-order valence-electron chi connectivity index (χ2n) is 22.1. The Hall–Kier alpha value is -6.70. The third-order valence-electron chi connectivity index (χ3n) is 15.1. The lowest BCUT2D eigenvalue weighted by atomic mass is 9.86. The van der Waals surface area contributed by atoms with Crippen LogP contribution in [0.2, 0.25) is 0 Å². The van der Waals surface area contributed by atoms with E-state index < -0.39 is 5.97 Å². The van der Waals surface area contributed by atoms with Crippen molar-refractivity contribution in [2.24, 2.45) is 0 Å². The molecule has 0 saturated carbocycles. The first-order valence-electron chi connectivity index (χ1n) is 31.3. The molecule has 1 aliphatic rings. The van der Waals surface area contributed by atoms with E-state index in [1.807, 2.05) is 48.5 Å². The van der Waals surface area contributed by atoms with Gasteiger partial charge in [0, 0.05) is 119 Å². The van der Waals surface area contributed by atoms with Crippen molar-refractivity contribution in [2.45, 2.75) is 195 Å². The van der Waals surface area contributed by atoms with Gasteiger partial charge in [0.2, 0.25) is 0 Å². The molecule has 0 amide bonds. The number of hydrogen-bond donors (Lipinski definition) is 2. The molecular formula is C71H94O13. The zero-order chi connectivity index (χ0) is 60.6. The van der Waals surface area contributed by atoms with E-state index in [0.717, 1.165) is 57.4 Å². The van der Waals surface area contributed by atoms with Crippen LogP contribution in [0.15, 0.2) is 73.8 Å². The zero-order valence-corrected chi connectivity index (χ0v) is 50.9. The molecule has 2 N–H and O–H groups in total. The Labute approximate surface area is 499 Å². The molecule has 0 radical (unpaired) electrons. The van der Waals surface area contributed by atoms with E-state index in [9.17, 15) is 39.0 Å². The first-order valence-corrected chi connectivity index (χ1v) is 31.3. The van der Waals surface area contributed by atoms with E-state index >= 15 is 0 Å². The molecule has 4 aromatic carbocycles. The predicted octanol–water partition coefficient (Wildman–Crippen LogP) is 14.7. The Bertz CT molecular complexity index is 2650. The standard InChI is InChI=1S/C71H94O13/c1-7-13-17-27-63(75)50-38-54-46-56-40-51(64(76)28-18-14-8-2)41-57(69(56)82-34-23-31-72)48-58-42-52(65(77)29-19-15-9-3)43-59(70(58)83-35-24-32-73)49-61-45-53(66(78)30-20-16-10-4)44-60(71(61)84-37-25-36-80-67(79)12-6)47-55(39-50)68(54)81-33-22-21-26-62(74)11-5/h11-12,38-45,72-73H,5-10,13-37,46-49H2,1-4H3. The van der Waals surface area contributed by atoms with Gasteiger partial charge >= 0.3 is 5.97 Å². The van der Waals surface area contributed by atoms with Crippen molar-refractivity contribution in [1.82, 2.24) is 0 Å². The van der Waals surface area contributed by atoms with Gasteiger partial charge in [-0.25, -0.2) is 4.79 Å². The normalized spacial score (nSPS) is 11.8. The van der Waals surface area contributed by atoms with E-state index in [1.165, 1.54) is 6.08 Å². The summed E-state index contributed by atoms with van der Waals surface area (Å²) in [5.41, 5.74) is 7.05. The van der Waals surface area contributed by atoms with Gasteiger partial charge in [-0.05, 0) is 138 Å². The molecule has 0 saturated heterocycles. The van der Waals surface area contributed by atoms with Crippen molar-refractivity contribution in [2.75, 3.05) is 46.2 Å². The van der Waals surface area contributed by atoms with Crippen molar-refractivity contribution >= 4 is 34.9 Å². The van der Waals surface area contributed by atoms with Crippen LogP contribution < -0.4 is 18.9 Å². The van der Waals surface area contributed by atoms with Crippen LogP contribution in [0.3, 0.4) is 0 Å². The molecule has 13 nitrogen and oxygen atoms in total. The summed E-state index contributed by atoms with van der Waals surface area (Å²) in [5, 5.41) is 20.3. The summed E-state index contributed by atoms with van der Waals surface area (Å²) in [6, 6.07) is 15.0. The maximum Gasteiger partial charge on any atom is 0.330 e. The Morgan fingerprint density at radius 2 is 0.643 bits per heavy atom. The number of fused-ring (bicyclic) bond motifs is 8. The van der Waals surface area contributed by atoms with Crippen molar-refractivity contribution in [3.8, 4) is 23.0 Å². The first-order chi connectivity index (χ1) is 40.8. The van der Waals surface area contributed by atoms with E-state index in [2.05, 4.69) is 40.9 Å². The van der Waals surface area contributed by atoms with Crippen molar-refractivity contribution < 1.29 is 62.7 Å². The third-order valence-corrected chi connectivity index (χ3v) is 15.1. The maximum absolute atomic E-state index is 14.6. The van der Waals surface area contributed by atoms with Crippen molar-refractivity contribution in [3.63, 3.8) is 0 Å². The average Bonchev–Trinajstić information content (AvgIpc) is 1.90. The topological polar surface area (TPSA) is 189 Å². The summed E-state index contributed by atoms with van der Waals surface area (Å²) in [6.45, 7) is 15.9. The molecule has 84 heavy (non-hydrogen) atoms. The highest BCUT2D eigenvalue weighted by Crippen LogP contribution is 2.42. The number of esters is 1. The van der Waals surface area contributed by atoms with Crippen molar-refractivity contribution in [3.05, 3.63) is 141 Å². The van der Waals surface area contributed by atoms with Gasteiger partial charge in [-0.15, -0.1) is 0 Å². The first kappa shape index (κ1) is 68.1. The monoisotopic (exact) mass is 1150 g/mol. The Morgan fingerprint density at radius 1 is 0.369 bits per heavy atom. The molecule has 0 fully saturated rings. The highest BCUT2D eigenvalue weighted by Gasteiger charge is 2.28. The fourth-order valence-corrected chi connectivity index (χ4v) is 10.6. The average molecular weight is 1160 g/mol. The van der Waals surface area contributed by atoms with Gasteiger partial charge in [0.25, 0.3) is 0 Å². The van der Waals surface area contributed by atoms with Gasteiger partial charge in [-0.3, -0.25) is 24.0 Å².